The van der Waals surface area contributed by atoms with Crippen LogP contribution in [0.3, 0.4) is 0 Å². The lowest BCUT2D eigenvalue weighted by Crippen LogP contribution is -2.30. The van der Waals surface area contributed by atoms with Crippen LogP contribution in [0.4, 0.5) is 5.69 Å². The summed E-state index contributed by atoms with van der Waals surface area (Å²) in [6.45, 7) is 4.42. The molecule has 1 aromatic carbocycles. The van der Waals surface area contributed by atoms with Crippen molar-refractivity contribution in [2.24, 2.45) is 11.8 Å². The third kappa shape index (κ3) is 4.15. The summed E-state index contributed by atoms with van der Waals surface area (Å²) in [5, 5.41) is 0. The van der Waals surface area contributed by atoms with E-state index in [-0.39, 0.29) is 18.7 Å². The number of hydrogen-bond acceptors (Lipinski definition) is 4. The van der Waals surface area contributed by atoms with Crippen LogP contribution in [0.25, 0.3) is 0 Å². The summed E-state index contributed by atoms with van der Waals surface area (Å²) in [6.07, 6.45) is 3.08. The van der Waals surface area contributed by atoms with Gasteiger partial charge in [0.2, 0.25) is 0 Å². The number of anilines is 1. The molecule has 2 rings (SSSR count). The Hall–Kier alpha value is -1.71. The smallest absolute Gasteiger partial charge is 0.344 e. The Kier molecular flexibility index (Phi) is 4.88. The molecular formula is C16H23NO3. The molecule has 1 aliphatic carbocycles. The molecule has 4 heteroatoms. The Bertz CT molecular complexity index is 444. The number of hydrogen-bond donors (Lipinski definition) is 1. The van der Waals surface area contributed by atoms with E-state index in [9.17, 15) is 4.79 Å². The maximum Gasteiger partial charge on any atom is 0.344 e. The molecule has 1 aliphatic rings. The molecule has 1 saturated carbocycles. The lowest BCUT2D eigenvalue weighted by molar-refractivity contribution is -0.154. The number of carbonyl (C=O) groups excluding carboxylic acids is 1. The topological polar surface area (TPSA) is 61.5 Å². The second-order valence-electron chi connectivity index (χ2n) is 5.74. The highest BCUT2D eigenvalue weighted by molar-refractivity contribution is 5.71. The molecule has 3 atom stereocenters. The van der Waals surface area contributed by atoms with Gasteiger partial charge in [-0.05, 0) is 55.4 Å². The molecule has 1 aromatic rings. The summed E-state index contributed by atoms with van der Waals surface area (Å²) < 4.78 is 10.8. The van der Waals surface area contributed by atoms with Crippen molar-refractivity contribution in [3.63, 3.8) is 0 Å². The van der Waals surface area contributed by atoms with Gasteiger partial charge in [-0.25, -0.2) is 4.79 Å². The van der Waals surface area contributed by atoms with Gasteiger partial charge in [0.05, 0.1) is 0 Å². The minimum Gasteiger partial charge on any atom is -0.482 e. The summed E-state index contributed by atoms with van der Waals surface area (Å²) in [7, 11) is 0. The van der Waals surface area contributed by atoms with Gasteiger partial charge in [-0.2, -0.15) is 0 Å². The number of ether oxygens (including phenoxy) is 2. The molecule has 0 saturated heterocycles. The van der Waals surface area contributed by atoms with Crippen molar-refractivity contribution in [1.82, 2.24) is 0 Å². The highest BCUT2D eigenvalue weighted by Gasteiger charge is 2.27. The van der Waals surface area contributed by atoms with Gasteiger partial charge >= 0.3 is 5.97 Å². The van der Waals surface area contributed by atoms with Gasteiger partial charge in [0.15, 0.2) is 6.61 Å². The molecule has 0 amide bonds. The summed E-state index contributed by atoms with van der Waals surface area (Å²) in [6, 6.07) is 6.97. The average Bonchev–Trinajstić information content (AvgIpc) is 2.42. The van der Waals surface area contributed by atoms with Crippen LogP contribution in [0, 0.1) is 11.8 Å². The fourth-order valence-electron chi connectivity index (χ4n) is 2.53. The van der Waals surface area contributed by atoms with E-state index < -0.39 is 0 Å². The van der Waals surface area contributed by atoms with Crippen LogP contribution >= 0.6 is 0 Å². The van der Waals surface area contributed by atoms with Crippen LogP contribution in [0.5, 0.6) is 5.75 Å². The molecule has 0 heterocycles. The standard InChI is InChI=1S/C16H23NO3/c1-11-3-6-15(9-12(11)2)20-16(18)10-19-14-7-4-13(17)5-8-14/h4-5,7-8,11-12,15H,3,6,9-10,17H2,1-2H3. The van der Waals surface area contributed by atoms with Gasteiger partial charge < -0.3 is 15.2 Å². The van der Waals surface area contributed by atoms with Crippen molar-refractivity contribution in [1.29, 1.82) is 0 Å². The van der Waals surface area contributed by atoms with E-state index >= 15 is 0 Å². The molecule has 0 radical (unpaired) electrons. The van der Waals surface area contributed by atoms with E-state index in [1.54, 1.807) is 24.3 Å². The summed E-state index contributed by atoms with van der Waals surface area (Å²) in [4.78, 5) is 11.8. The van der Waals surface area contributed by atoms with Crippen LogP contribution in [-0.4, -0.2) is 18.7 Å². The molecule has 2 N–H and O–H groups in total. The van der Waals surface area contributed by atoms with Gasteiger partial charge in [-0.1, -0.05) is 13.8 Å². The molecule has 110 valence electrons. The lowest BCUT2D eigenvalue weighted by atomic mass is 9.80. The summed E-state index contributed by atoms with van der Waals surface area (Å²) in [5.74, 6) is 1.66. The second-order valence-corrected chi connectivity index (χ2v) is 5.74. The fraction of sp³-hybridized carbons (Fsp3) is 0.562. The van der Waals surface area contributed by atoms with E-state index in [1.807, 2.05) is 0 Å². The average molecular weight is 277 g/mol. The first-order chi connectivity index (χ1) is 9.54. The SMILES string of the molecule is CC1CCC(OC(=O)COc2ccc(N)cc2)CC1C. The molecular weight excluding hydrogens is 254 g/mol. The van der Waals surface area contributed by atoms with Crippen LogP contribution in [-0.2, 0) is 9.53 Å². The number of benzene rings is 1. The molecule has 0 aromatic heterocycles. The molecule has 20 heavy (non-hydrogen) atoms. The first-order valence-corrected chi connectivity index (χ1v) is 7.22. The van der Waals surface area contributed by atoms with E-state index in [2.05, 4.69) is 13.8 Å². The van der Waals surface area contributed by atoms with Crippen molar-refractivity contribution in [2.75, 3.05) is 12.3 Å². The zero-order valence-corrected chi connectivity index (χ0v) is 12.2. The predicted octanol–water partition coefficient (Wildman–Crippen LogP) is 3.02. The maximum absolute atomic E-state index is 11.8. The number of nitrogens with two attached hydrogens (primary N) is 1. The van der Waals surface area contributed by atoms with Crippen molar-refractivity contribution in [2.45, 2.75) is 39.2 Å². The lowest BCUT2D eigenvalue weighted by Gasteiger charge is -2.31. The minimum atomic E-state index is -0.298. The van der Waals surface area contributed by atoms with Crippen molar-refractivity contribution in [3.05, 3.63) is 24.3 Å². The number of esters is 1. The molecule has 4 nitrogen and oxygen atoms in total. The number of carbonyl (C=O) groups is 1. The van der Waals surface area contributed by atoms with Gasteiger partial charge in [0.1, 0.15) is 11.9 Å². The van der Waals surface area contributed by atoms with Crippen LogP contribution < -0.4 is 10.5 Å². The summed E-state index contributed by atoms with van der Waals surface area (Å²) >= 11 is 0. The molecule has 0 bridgehead atoms. The number of rotatable bonds is 4. The van der Waals surface area contributed by atoms with E-state index in [0.717, 1.165) is 25.2 Å². The zero-order chi connectivity index (χ0) is 14.5. The highest BCUT2D eigenvalue weighted by Crippen LogP contribution is 2.30. The molecule has 0 spiro atoms. The zero-order valence-electron chi connectivity index (χ0n) is 12.2. The Morgan fingerprint density at radius 2 is 1.90 bits per heavy atom. The van der Waals surface area contributed by atoms with Gasteiger partial charge in [-0.3, -0.25) is 0 Å². The van der Waals surface area contributed by atoms with Crippen molar-refractivity contribution >= 4 is 11.7 Å². The summed E-state index contributed by atoms with van der Waals surface area (Å²) in [5.41, 5.74) is 6.25. The van der Waals surface area contributed by atoms with E-state index in [0.29, 0.717) is 17.4 Å². The van der Waals surface area contributed by atoms with E-state index in [1.165, 1.54) is 0 Å². The van der Waals surface area contributed by atoms with Gasteiger partial charge in [-0.15, -0.1) is 0 Å². The predicted molar refractivity (Wildman–Crippen MR) is 78.4 cm³/mol. The Morgan fingerprint density at radius 3 is 2.55 bits per heavy atom. The minimum absolute atomic E-state index is 0.0451. The number of nitrogen functional groups attached to an aromatic ring is 1. The monoisotopic (exact) mass is 277 g/mol. The third-order valence-corrected chi connectivity index (χ3v) is 4.08. The molecule has 0 aliphatic heterocycles. The van der Waals surface area contributed by atoms with E-state index in [4.69, 9.17) is 15.2 Å². The Morgan fingerprint density at radius 1 is 1.20 bits per heavy atom. The quantitative estimate of drug-likeness (QED) is 0.679. The first-order valence-electron chi connectivity index (χ1n) is 7.22. The third-order valence-electron chi connectivity index (χ3n) is 4.08. The second kappa shape index (κ2) is 6.64. The molecule has 3 unspecified atom stereocenters. The van der Waals surface area contributed by atoms with Gasteiger partial charge in [0, 0.05) is 5.69 Å². The Balaban J connectivity index is 1.74. The van der Waals surface area contributed by atoms with Crippen LogP contribution in [0.15, 0.2) is 24.3 Å². The first kappa shape index (κ1) is 14.7. The largest absolute Gasteiger partial charge is 0.482 e. The van der Waals surface area contributed by atoms with Crippen LogP contribution in [0.2, 0.25) is 0 Å². The highest BCUT2D eigenvalue weighted by atomic mass is 16.6. The van der Waals surface area contributed by atoms with Gasteiger partial charge in [0.25, 0.3) is 0 Å². The van der Waals surface area contributed by atoms with Crippen molar-refractivity contribution < 1.29 is 14.3 Å². The maximum atomic E-state index is 11.8. The molecule has 1 fully saturated rings. The van der Waals surface area contributed by atoms with Crippen LogP contribution in [0.1, 0.15) is 33.1 Å². The normalized spacial score (nSPS) is 26.0. The Labute approximate surface area is 120 Å². The fourth-order valence-corrected chi connectivity index (χ4v) is 2.53. The van der Waals surface area contributed by atoms with Crippen molar-refractivity contribution in [3.8, 4) is 5.75 Å².